The Balaban J connectivity index is 2.71. The second kappa shape index (κ2) is 15.6. The number of anilines is 1. The summed E-state index contributed by atoms with van der Waals surface area (Å²) in [5, 5.41) is 24.2. The number of carbonyl (C=O) groups excluding carboxylic acids is 2. The molecule has 5 N–H and O–H groups in total. The second-order valence-electron chi connectivity index (χ2n) is 10.3. The number of methoxy groups -OCH3 is 4. The van der Waals surface area contributed by atoms with Crippen LogP contribution in [0.25, 0.3) is 0 Å². The molecule has 0 aliphatic carbocycles. The van der Waals surface area contributed by atoms with Crippen molar-refractivity contribution in [3.8, 4) is 11.5 Å². The van der Waals surface area contributed by atoms with Gasteiger partial charge in [-0.2, -0.15) is 0 Å². The smallest absolute Gasteiger partial charge is 0.405 e. The Labute approximate surface area is 241 Å². The summed E-state index contributed by atoms with van der Waals surface area (Å²) in [5.74, 6) is -1.30. The van der Waals surface area contributed by atoms with Gasteiger partial charge in [0.05, 0.1) is 24.0 Å². The number of primary amides is 1. The molecule has 2 amide bonds. The molecule has 228 valence electrons. The maximum Gasteiger partial charge on any atom is 0.405 e. The van der Waals surface area contributed by atoms with Gasteiger partial charge in [0, 0.05) is 51.6 Å². The summed E-state index contributed by atoms with van der Waals surface area (Å²) in [4.78, 5) is 24.7. The predicted molar refractivity (Wildman–Crippen MR) is 155 cm³/mol. The third-order valence-corrected chi connectivity index (χ3v) is 7.31. The lowest BCUT2D eigenvalue weighted by Crippen LogP contribution is -2.38. The Morgan fingerprint density at radius 2 is 1.68 bits per heavy atom. The Hall–Kier alpha value is -3.38. The fraction of sp³-hybridized carbons (Fsp3) is 0.533. The number of aromatic hydroxyl groups is 2. The van der Waals surface area contributed by atoms with E-state index in [1.54, 1.807) is 46.3 Å². The molecule has 1 aliphatic rings. The van der Waals surface area contributed by atoms with Crippen LogP contribution in [-0.4, -0.2) is 75.1 Å². The van der Waals surface area contributed by atoms with Crippen LogP contribution in [0.5, 0.6) is 11.5 Å². The molecule has 0 unspecified atom stereocenters. The Morgan fingerprint density at radius 3 is 2.24 bits per heavy atom. The molecule has 2 bridgehead atoms. The standard InChI is InChI=1S/C30H44N2O9/c1-16-10-9-11-23(37-5)28(41-30(31)36)18(3)12-17(2)27(40-8)24(38-6)13-19(4)26(39-7)21-14-20(33)15-22(25(21)34)32-29(16)35/h9-12,14-15,17,19,23-24,26-28,33-34H,13H2,1-8H3,(H2,31,36)(H,32,35)/b11-9-,16-10+,18-12+/t17-,19-,23-,24-,26+,27+,28-/m0/s1. The maximum absolute atomic E-state index is 12.9. The van der Waals surface area contributed by atoms with Crippen LogP contribution >= 0.6 is 0 Å². The lowest BCUT2D eigenvalue weighted by Gasteiger charge is -2.33. The molecule has 7 atom stereocenters. The monoisotopic (exact) mass is 576 g/mol. The molecule has 0 fully saturated rings. The Bertz CT molecular complexity index is 1150. The van der Waals surface area contributed by atoms with E-state index in [9.17, 15) is 19.8 Å². The minimum Gasteiger partial charge on any atom is -0.508 e. The van der Waals surface area contributed by atoms with Gasteiger partial charge in [-0.1, -0.05) is 38.2 Å². The summed E-state index contributed by atoms with van der Waals surface area (Å²) < 4.78 is 28.6. The van der Waals surface area contributed by atoms with Crippen LogP contribution in [0.1, 0.15) is 45.8 Å². The molecular formula is C30H44N2O9. The summed E-state index contributed by atoms with van der Waals surface area (Å²) in [6.45, 7) is 7.29. The molecule has 2 rings (SSSR count). The average molecular weight is 577 g/mol. The first-order valence-corrected chi connectivity index (χ1v) is 13.4. The quantitative estimate of drug-likeness (QED) is 0.227. The number of phenolic OH excluding ortho intramolecular Hbond substituents is 2. The molecule has 0 spiro atoms. The van der Waals surface area contributed by atoms with Gasteiger partial charge >= 0.3 is 6.09 Å². The summed E-state index contributed by atoms with van der Waals surface area (Å²) in [6, 6.07) is 2.68. The molecular weight excluding hydrogens is 532 g/mol. The normalized spacial score (nSPS) is 31.7. The van der Waals surface area contributed by atoms with E-state index in [2.05, 4.69) is 5.32 Å². The van der Waals surface area contributed by atoms with E-state index in [0.29, 0.717) is 23.1 Å². The largest absolute Gasteiger partial charge is 0.508 e. The van der Waals surface area contributed by atoms with Crippen LogP contribution in [-0.2, 0) is 28.5 Å². The van der Waals surface area contributed by atoms with Crippen molar-refractivity contribution in [1.82, 2.24) is 0 Å². The lowest BCUT2D eigenvalue weighted by atomic mass is 9.86. The van der Waals surface area contributed by atoms with E-state index in [4.69, 9.17) is 29.4 Å². The number of nitrogens with two attached hydrogens (primary N) is 1. The summed E-state index contributed by atoms with van der Waals surface area (Å²) in [7, 11) is 6.15. The zero-order chi connectivity index (χ0) is 30.9. The molecule has 41 heavy (non-hydrogen) atoms. The number of hydrogen-bond acceptors (Lipinski definition) is 9. The summed E-state index contributed by atoms with van der Waals surface area (Å²) in [6.07, 6.45) is 3.14. The zero-order valence-electron chi connectivity index (χ0n) is 25.0. The van der Waals surface area contributed by atoms with Gasteiger partial charge in [0.2, 0.25) is 0 Å². The molecule has 0 saturated carbocycles. The maximum atomic E-state index is 12.9. The Kier molecular flexibility index (Phi) is 12.8. The molecule has 1 aromatic rings. The van der Waals surface area contributed by atoms with Crippen molar-refractivity contribution in [2.75, 3.05) is 33.8 Å². The number of fused-ring (bicyclic) bond motifs is 2. The van der Waals surface area contributed by atoms with Crippen LogP contribution in [0.3, 0.4) is 0 Å². The van der Waals surface area contributed by atoms with Gasteiger partial charge in [0.1, 0.15) is 17.6 Å². The van der Waals surface area contributed by atoms with Crippen LogP contribution in [0, 0.1) is 11.8 Å². The van der Waals surface area contributed by atoms with Crippen LogP contribution in [0.15, 0.2) is 47.6 Å². The van der Waals surface area contributed by atoms with Crippen molar-refractivity contribution >= 4 is 17.7 Å². The highest BCUT2D eigenvalue weighted by atomic mass is 16.6. The molecule has 0 radical (unpaired) electrons. The fourth-order valence-corrected chi connectivity index (χ4v) is 5.24. The van der Waals surface area contributed by atoms with Gasteiger partial charge in [-0.3, -0.25) is 4.79 Å². The van der Waals surface area contributed by atoms with Gasteiger partial charge in [-0.15, -0.1) is 0 Å². The first kappa shape index (κ1) is 33.8. The van der Waals surface area contributed by atoms with E-state index in [1.807, 2.05) is 19.9 Å². The van der Waals surface area contributed by atoms with Crippen LogP contribution in [0.4, 0.5) is 10.5 Å². The number of phenols is 2. The minimum atomic E-state index is -0.961. The van der Waals surface area contributed by atoms with Crippen molar-refractivity contribution < 1.29 is 43.5 Å². The average Bonchev–Trinajstić information content (AvgIpc) is 2.91. The highest BCUT2D eigenvalue weighted by Gasteiger charge is 2.33. The van der Waals surface area contributed by atoms with E-state index in [1.165, 1.54) is 26.4 Å². The van der Waals surface area contributed by atoms with E-state index < -0.39 is 42.5 Å². The van der Waals surface area contributed by atoms with Gasteiger partial charge in [0.15, 0.2) is 6.10 Å². The first-order chi connectivity index (χ1) is 19.4. The number of hydrogen-bond donors (Lipinski definition) is 4. The SMILES string of the molecule is CO[C@H]1[C@@H](OC)C[C@H](C)[C@@H](OC)c2cc(O)cc(c2O)NC(=O)/C(C)=C/C=C\[C@H](OC)[C@@H](OC(N)=O)/C(C)=C/[C@@H]1C. The van der Waals surface area contributed by atoms with Crippen molar-refractivity contribution in [1.29, 1.82) is 0 Å². The molecule has 11 nitrogen and oxygen atoms in total. The van der Waals surface area contributed by atoms with Gasteiger partial charge in [-0.25, -0.2) is 4.79 Å². The van der Waals surface area contributed by atoms with E-state index in [0.717, 1.165) is 0 Å². The second-order valence-corrected chi connectivity index (χ2v) is 10.3. The topological polar surface area (TPSA) is 159 Å². The lowest BCUT2D eigenvalue weighted by molar-refractivity contribution is -0.112. The Morgan fingerprint density at radius 1 is 1.00 bits per heavy atom. The molecule has 1 aliphatic heterocycles. The number of allylic oxidation sites excluding steroid dienone is 2. The molecule has 11 heteroatoms. The predicted octanol–water partition coefficient (Wildman–Crippen LogP) is 4.36. The third kappa shape index (κ3) is 8.80. The third-order valence-electron chi connectivity index (χ3n) is 7.31. The van der Waals surface area contributed by atoms with Crippen molar-refractivity contribution in [2.24, 2.45) is 17.6 Å². The van der Waals surface area contributed by atoms with E-state index >= 15 is 0 Å². The molecule has 1 aromatic carbocycles. The van der Waals surface area contributed by atoms with Crippen molar-refractivity contribution in [3.05, 3.63) is 53.1 Å². The minimum absolute atomic E-state index is 0.0325. The number of nitrogens with one attached hydrogen (secondary N) is 1. The number of benzene rings is 1. The number of amides is 2. The van der Waals surface area contributed by atoms with Gasteiger partial charge in [-0.05, 0) is 37.8 Å². The van der Waals surface area contributed by atoms with Crippen molar-refractivity contribution in [2.45, 2.75) is 64.6 Å². The number of rotatable bonds is 5. The summed E-state index contributed by atoms with van der Waals surface area (Å²) >= 11 is 0. The first-order valence-electron chi connectivity index (χ1n) is 13.4. The molecule has 1 heterocycles. The fourth-order valence-electron chi connectivity index (χ4n) is 5.24. The highest BCUT2D eigenvalue weighted by Crippen LogP contribution is 2.41. The number of ether oxygens (including phenoxy) is 5. The van der Waals surface area contributed by atoms with E-state index in [-0.39, 0.29) is 29.0 Å². The zero-order valence-corrected chi connectivity index (χ0v) is 25.0. The molecule has 0 aromatic heterocycles. The molecule has 0 saturated heterocycles. The van der Waals surface area contributed by atoms with Gasteiger partial charge < -0.3 is 44.9 Å². The van der Waals surface area contributed by atoms with Crippen LogP contribution < -0.4 is 11.1 Å². The van der Waals surface area contributed by atoms with Crippen molar-refractivity contribution in [3.63, 3.8) is 0 Å². The van der Waals surface area contributed by atoms with Gasteiger partial charge in [0.25, 0.3) is 5.91 Å². The number of carbonyl (C=O) groups is 2. The highest BCUT2D eigenvalue weighted by molar-refractivity contribution is 6.04. The summed E-state index contributed by atoms with van der Waals surface area (Å²) in [5.41, 5.74) is 6.71. The van der Waals surface area contributed by atoms with Crippen LogP contribution in [0.2, 0.25) is 0 Å².